The molecule has 2 saturated heterocycles. The molecule has 1 unspecified atom stereocenters. The number of hydrogen-bond acceptors (Lipinski definition) is 13. The maximum atomic E-state index is 12.8. The van der Waals surface area contributed by atoms with E-state index < -0.39 is 82.7 Å². The standard InChI is InChI=1S/C19H27N5O14P2/c1-9-6-24(19(28)22-17(9)26)16-5-11(13(37-16)8-34-39(29,30)31)38-40(32,33)35-7-12-10(25)4-15(36-12)23-3-2-14(20)21-18(23)27/h2-3,6,10-13,15-16,25H,4-5,7-8H2,1H3,(H,32,33)(H2,20,21,27)(H,22,26,28)(H2,29,30,31)/t10-,11-,12+,13+,15+,16+/m0/s1. The molecular weight excluding hydrogens is 584 g/mol. The highest BCUT2D eigenvalue weighted by Crippen LogP contribution is 2.49. The lowest BCUT2D eigenvalue weighted by Gasteiger charge is -2.22. The zero-order valence-electron chi connectivity index (χ0n) is 20.7. The van der Waals surface area contributed by atoms with Crippen molar-refractivity contribution in [3.8, 4) is 0 Å². The summed E-state index contributed by atoms with van der Waals surface area (Å²) in [5, 5.41) is 10.3. The number of nitrogens with one attached hydrogen (secondary N) is 1. The predicted octanol–water partition coefficient (Wildman–Crippen LogP) is -1.77. The number of nitrogen functional groups attached to an aromatic ring is 1. The Bertz CT molecular complexity index is 1500. The Kier molecular flexibility index (Phi) is 8.94. The number of nitrogens with zero attached hydrogens (tertiary/aromatic N) is 3. The quantitative estimate of drug-likeness (QED) is 0.162. The fourth-order valence-electron chi connectivity index (χ4n) is 4.15. The van der Waals surface area contributed by atoms with Crippen molar-refractivity contribution in [2.75, 3.05) is 18.9 Å². The van der Waals surface area contributed by atoms with Gasteiger partial charge in [0.05, 0.1) is 19.3 Å². The third-order valence-electron chi connectivity index (χ3n) is 6.08. The molecule has 0 radical (unpaired) electrons. The van der Waals surface area contributed by atoms with Crippen LogP contribution in [0.4, 0.5) is 5.82 Å². The van der Waals surface area contributed by atoms with Gasteiger partial charge in [-0.1, -0.05) is 0 Å². The van der Waals surface area contributed by atoms with Crippen LogP contribution in [-0.4, -0.2) is 76.5 Å². The van der Waals surface area contributed by atoms with Gasteiger partial charge in [-0.25, -0.2) is 18.7 Å². The van der Waals surface area contributed by atoms with Crippen LogP contribution in [0.25, 0.3) is 0 Å². The minimum atomic E-state index is -4.98. The highest BCUT2D eigenvalue weighted by molar-refractivity contribution is 7.47. The van der Waals surface area contributed by atoms with Gasteiger partial charge < -0.3 is 35.0 Å². The van der Waals surface area contributed by atoms with Crippen molar-refractivity contribution in [3.05, 3.63) is 55.3 Å². The Labute approximate surface area is 223 Å². The molecule has 0 amide bonds. The molecular formula is C19H27N5O14P2. The number of aryl methyl sites for hydroxylation is 1. The molecule has 4 rings (SSSR count). The highest BCUT2D eigenvalue weighted by atomic mass is 31.2. The number of hydrogen-bond donors (Lipinski definition) is 6. The summed E-state index contributed by atoms with van der Waals surface area (Å²) in [6.07, 6.45) is -5.08. The minimum Gasteiger partial charge on any atom is -0.390 e. The third-order valence-corrected chi connectivity index (χ3v) is 7.58. The second kappa shape index (κ2) is 11.8. The molecule has 2 aliphatic rings. The van der Waals surface area contributed by atoms with Crippen molar-refractivity contribution in [1.82, 2.24) is 19.1 Å². The summed E-state index contributed by atoms with van der Waals surface area (Å²) < 4.78 is 51.8. The van der Waals surface area contributed by atoms with Crippen LogP contribution in [0.2, 0.25) is 0 Å². The smallest absolute Gasteiger partial charge is 0.390 e. The molecule has 7 N–H and O–H groups in total. The van der Waals surface area contributed by atoms with Crippen LogP contribution in [0, 0.1) is 6.92 Å². The lowest BCUT2D eigenvalue weighted by molar-refractivity contribution is -0.0570. The lowest BCUT2D eigenvalue weighted by Crippen LogP contribution is -2.33. The number of rotatable bonds is 10. The Morgan fingerprint density at radius 2 is 1.73 bits per heavy atom. The maximum Gasteiger partial charge on any atom is 0.472 e. The molecule has 0 saturated carbocycles. The van der Waals surface area contributed by atoms with Gasteiger partial charge >= 0.3 is 27.0 Å². The van der Waals surface area contributed by atoms with Crippen LogP contribution in [0.3, 0.4) is 0 Å². The number of ether oxygens (including phenoxy) is 2. The average molecular weight is 611 g/mol. The summed E-state index contributed by atoms with van der Waals surface area (Å²) in [7, 11) is -9.92. The van der Waals surface area contributed by atoms with Crippen LogP contribution < -0.4 is 22.7 Å². The monoisotopic (exact) mass is 611 g/mol. The van der Waals surface area contributed by atoms with E-state index in [1.54, 1.807) is 0 Å². The molecule has 2 aromatic rings. The van der Waals surface area contributed by atoms with E-state index in [0.717, 1.165) is 9.13 Å². The summed E-state index contributed by atoms with van der Waals surface area (Å²) in [6.45, 7) is -0.0209. The van der Waals surface area contributed by atoms with E-state index in [4.69, 9.17) is 34.0 Å². The van der Waals surface area contributed by atoms with Crippen LogP contribution in [-0.2, 0) is 32.2 Å². The SMILES string of the molecule is Cc1cn([C@H]2C[C@H](OP(=O)(O)OC[C@H]3O[C@@H](n4ccc(N)nc4=O)C[C@@H]3O)[C@@H](COP(=O)(O)O)O2)c(=O)[nH]c1=O. The Balaban J connectivity index is 1.43. The zero-order valence-corrected chi connectivity index (χ0v) is 22.5. The van der Waals surface area contributed by atoms with Gasteiger partial charge in [-0.15, -0.1) is 0 Å². The summed E-state index contributed by atoms with van der Waals surface area (Å²) in [4.78, 5) is 70.1. The number of phosphoric ester groups is 2. The molecule has 7 atom stereocenters. The van der Waals surface area contributed by atoms with E-state index in [1.165, 1.54) is 25.4 Å². The second-order valence-electron chi connectivity index (χ2n) is 9.01. The van der Waals surface area contributed by atoms with Gasteiger partial charge in [0.25, 0.3) is 5.56 Å². The van der Waals surface area contributed by atoms with Crippen molar-refractivity contribution >= 4 is 21.5 Å². The van der Waals surface area contributed by atoms with Crippen LogP contribution in [0.15, 0.2) is 32.8 Å². The number of aromatic amines is 1. The highest BCUT2D eigenvalue weighted by Gasteiger charge is 2.44. The topological polar surface area (TPSA) is 277 Å². The van der Waals surface area contributed by atoms with Crippen molar-refractivity contribution in [3.63, 3.8) is 0 Å². The first-order chi connectivity index (χ1) is 18.6. The number of aliphatic hydroxyl groups excluding tert-OH is 1. The van der Waals surface area contributed by atoms with Crippen molar-refractivity contribution < 1.29 is 52.0 Å². The van der Waals surface area contributed by atoms with Crippen molar-refractivity contribution in [2.45, 2.75) is 56.6 Å². The van der Waals surface area contributed by atoms with Crippen molar-refractivity contribution in [1.29, 1.82) is 0 Å². The first-order valence-corrected chi connectivity index (χ1v) is 14.7. The van der Waals surface area contributed by atoms with Gasteiger partial charge in [-0.05, 0) is 13.0 Å². The van der Waals surface area contributed by atoms with Gasteiger partial charge in [0.15, 0.2) is 0 Å². The summed E-state index contributed by atoms with van der Waals surface area (Å²) in [5.41, 5.74) is 3.38. The van der Waals surface area contributed by atoms with E-state index in [2.05, 4.69) is 14.5 Å². The van der Waals surface area contributed by atoms with Crippen LogP contribution in [0.1, 0.15) is 30.9 Å². The molecule has 0 spiro atoms. The van der Waals surface area contributed by atoms with Gasteiger partial charge in [-0.2, -0.15) is 4.98 Å². The fraction of sp³-hybridized carbons (Fsp3) is 0.579. The van der Waals surface area contributed by atoms with E-state index in [1.807, 2.05) is 0 Å². The number of anilines is 1. The van der Waals surface area contributed by atoms with Crippen LogP contribution >= 0.6 is 15.6 Å². The molecule has 2 aliphatic heterocycles. The Hall–Kier alpha value is -2.54. The minimum absolute atomic E-state index is 0.0127. The molecule has 222 valence electrons. The van der Waals surface area contributed by atoms with Gasteiger partial charge in [0, 0.05) is 30.8 Å². The summed E-state index contributed by atoms with van der Waals surface area (Å²) >= 11 is 0. The number of nitrogens with two attached hydrogens (primary N) is 1. The molecule has 21 heteroatoms. The average Bonchev–Trinajstić information content (AvgIpc) is 3.40. The maximum absolute atomic E-state index is 12.8. The molecule has 2 fully saturated rings. The molecule has 0 bridgehead atoms. The number of aromatic nitrogens is 4. The number of aliphatic hydroxyl groups is 1. The number of H-pyrrole nitrogens is 1. The van der Waals surface area contributed by atoms with Gasteiger partial charge in [-0.3, -0.25) is 32.5 Å². The number of phosphoric acid groups is 2. The Morgan fingerprint density at radius 1 is 1.07 bits per heavy atom. The molecule has 19 nitrogen and oxygen atoms in total. The summed E-state index contributed by atoms with van der Waals surface area (Å²) in [5.74, 6) is -0.0127. The molecule has 0 aliphatic carbocycles. The van der Waals surface area contributed by atoms with E-state index in [9.17, 15) is 33.5 Å². The fourth-order valence-corrected chi connectivity index (χ4v) is 5.45. The van der Waals surface area contributed by atoms with E-state index >= 15 is 0 Å². The normalized spacial score (nSPS) is 28.5. The molecule has 4 heterocycles. The Morgan fingerprint density at radius 3 is 2.40 bits per heavy atom. The molecule has 2 aromatic heterocycles. The summed E-state index contributed by atoms with van der Waals surface area (Å²) in [6, 6.07) is 1.35. The van der Waals surface area contributed by atoms with Gasteiger partial charge in [0.2, 0.25) is 0 Å². The van der Waals surface area contributed by atoms with Crippen LogP contribution in [0.5, 0.6) is 0 Å². The largest absolute Gasteiger partial charge is 0.472 e. The zero-order chi connectivity index (χ0) is 29.4. The van der Waals surface area contributed by atoms with Gasteiger partial charge in [0.1, 0.15) is 36.6 Å². The second-order valence-corrected chi connectivity index (χ2v) is 11.7. The third kappa shape index (κ3) is 7.39. The van der Waals surface area contributed by atoms with E-state index in [0.29, 0.717) is 0 Å². The van der Waals surface area contributed by atoms with E-state index in [-0.39, 0.29) is 24.2 Å². The first kappa shape index (κ1) is 30.4. The lowest BCUT2D eigenvalue weighted by atomic mass is 10.2. The van der Waals surface area contributed by atoms with Crippen molar-refractivity contribution in [2.24, 2.45) is 0 Å². The first-order valence-electron chi connectivity index (χ1n) is 11.6. The predicted molar refractivity (Wildman–Crippen MR) is 131 cm³/mol. The molecule has 0 aromatic carbocycles. The molecule has 40 heavy (non-hydrogen) atoms.